The minimum absolute atomic E-state index is 0.0893. The predicted molar refractivity (Wildman–Crippen MR) is 264 cm³/mol. The van der Waals surface area contributed by atoms with E-state index < -0.39 is 0 Å². The van der Waals surface area contributed by atoms with Gasteiger partial charge in [0.25, 0.3) is 0 Å². The van der Waals surface area contributed by atoms with Gasteiger partial charge in [-0.05, 0) is 104 Å². The monoisotopic (exact) mass is 784 g/mol. The minimum atomic E-state index is -0.170. The summed E-state index contributed by atoms with van der Waals surface area (Å²) in [5, 5.41) is 16.2. The second-order valence-electron chi connectivity index (χ2n) is 17.5. The van der Waals surface area contributed by atoms with E-state index in [9.17, 15) is 0 Å². The van der Waals surface area contributed by atoms with Gasteiger partial charge < -0.3 is 10.2 Å². The number of rotatable bonds is 5. The molecule has 9 aromatic carbocycles. The summed E-state index contributed by atoms with van der Waals surface area (Å²) < 4.78 is 0. The molecule has 0 heterocycles. The van der Waals surface area contributed by atoms with Crippen molar-refractivity contribution in [1.82, 2.24) is 0 Å². The Labute approximate surface area is 358 Å². The van der Waals surface area contributed by atoms with Crippen LogP contribution in [0.5, 0.6) is 0 Å². The molecular weight excluding hydrogens is 737 g/mol. The van der Waals surface area contributed by atoms with Crippen molar-refractivity contribution < 1.29 is 0 Å². The molecule has 2 unspecified atom stereocenters. The van der Waals surface area contributed by atoms with Crippen molar-refractivity contribution in [3.63, 3.8) is 0 Å². The summed E-state index contributed by atoms with van der Waals surface area (Å²) >= 11 is 0. The number of fused-ring (bicyclic) bond motifs is 8. The number of nitrogens with zero attached hydrogens (tertiary/aromatic N) is 1. The zero-order valence-corrected chi connectivity index (χ0v) is 35.2. The van der Waals surface area contributed by atoms with Crippen molar-refractivity contribution in [2.45, 2.75) is 33.1 Å². The molecule has 1 N–H and O–H groups in total. The summed E-state index contributed by atoms with van der Waals surface area (Å²) in [5.41, 5.74) is 10.9. The standard InChI is InChI=1S/C59H48N2/c1-38-17-5-6-19-39(2)56(30-15-18-38)61(45-32-31-43-33-41-21-7-8-22-42(41)34-44(43)35-45)58-49-27-12-11-26-48(49)57(60-55-29-16-23-40-20-9-10-24-46(40)55)51-37-54-50(36-52(51)58)47-25-13-14-28-53(47)59(54,3)4/h5-39,60H,1-4H3/b17-5-,18-15-,19-6-,56-30+. The zero-order chi connectivity index (χ0) is 41.2. The highest BCUT2D eigenvalue weighted by atomic mass is 15.2. The smallest absolute Gasteiger partial charge is 0.0617 e. The zero-order valence-electron chi connectivity index (χ0n) is 35.2. The van der Waals surface area contributed by atoms with Crippen molar-refractivity contribution in [3.05, 3.63) is 217 Å². The first-order valence-corrected chi connectivity index (χ1v) is 21.7. The van der Waals surface area contributed by atoms with Crippen LogP contribution in [0.3, 0.4) is 0 Å². The van der Waals surface area contributed by atoms with Crippen molar-refractivity contribution in [1.29, 1.82) is 0 Å². The molecule has 11 rings (SSSR count). The molecule has 294 valence electrons. The van der Waals surface area contributed by atoms with Gasteiger partial charge >= 0.3 is 0 Å². The molecule has 2 aliphatic carbocycles. The summed E-state index contributed by atoms with van der Waals surface area (Å²) in [6.45, 7) is 9.34. The third-order valence-electron chi connectivity index (χ3n) is 13.2. The van der Waals surface area contributed by atoms with Crippen molar-refractivity contribution >= 4 is 76.6 Å². The average Bonchev–Trinajstić information content (AvgIpc) is 3.51. The second kappa shape index (κ2) is 14.5. The highest BCUT2D eigenvalue weighted by Gasteiger charge is 2.37. The highest BCUT2D eigenvalue weighted by Crippen LogP contribution is 2.54. The van der Waals surface area contributed by atoms with Gasteiger partial charge in [-0.2, -0.15) is 0 Å². The van der Waals surface area contributed by atoms with E-state index >= 15 is 0 Å². The van der Waals surface area contributed by atoms with E-state index in [0.29, 0.717) is 5.92 Å². The van der Waals surface area contributed by atoms with Gasteiger partial charge in [0.15, 0.2) is 0 Å². The molecular formula is C59H48N2. The molecule has 2 nitrogen and oxygen atoms in total. The SMILES string of the molecule is CC1/C=C\C=C/C(C)/C(N(c2ccc3cc4ccccc4cc3c2)c2c3ccccc3c(Nc3cccc4ccccc34)c3cc4c(cc23)-c2ccccc2C4(C)C)=C\C=C/1. The van der Waals surface area contributed by atoms with E-state index in [-0.39, 0.29) is 11.3 Å². The Morgan fingerprint density at radius 3 is 1.97 bits per heavy atom. The Bertz CT molecular complexity index is 3350. The third-order valence-corrected chi connectivity index (χ3v) is 13.2. The molecule has 0 bridgehead atoms. The number of anilines is 4. The van der Waals surface area contributed by atoms with E-state index in [1.54, 1.807) is 0 Å². The Morgan fingerprint density at radius 1 is 0.475 bits per heavy atom. The van der Waals surface area contributed by atoms with Crippen LogP contribution in [-0.4, -0.2) is 0 Å². The molecule has 9 aromatic rings. The molecule has 61 heavy (non-hydrogen) atoms. The van der Waals surface area contributed by atoms with Crippen LogP contribution >= 0.6 is 0 Å². The van der Waals surface area contributed by atoms with Gasteiger partial charge in [0.05, 0.1) is 11.4 Å². The number of nitrogens with one attached hydrogen (secondary N) is 1. The molecule has 0 fully saturated rings. The van der Waals surface area contributed by atoms with Crippen molar-refractivity contribution in [2.24, 2.45) is 11.8 Å². The van der Waals surface area contributed by atoms with E-state index in [1.807, 2.05) is 0 Å². The summed E-state index contributed by atoms with van der Waals surface area (Å²) in [6.07, 6.45) is 15.9. The molecule has 0 amide bonds. The van der Waals surface area contributed by atoms with E-state index in [4.69, 9.17) is 0 Å². The summed E-state index contributed by atoms with van der Waals surface area (Å²) in [5.74, 6) is 0.399. The topological polar surface area (TPSA) is 15.3 Å². The van der Waals surface area contributed by atoms with Crippen LogP contribution in [0.15, 0.2) is 206 Å². The largest absolute Gasteiger partial charge is 0.354 e. The first-order chi connectivity index (χ1) is 29.8. The van der Waals surface area contributed by atoms with Crippen LogP contribution in [0.2, 0.25) is 0 Å². The lowest BCUT2D eigenvalue weighted by Crippen LogP contribution is -2.22. The first kappa shape index (κ1) is 36.9. The third kappa shape index (κ3) is 6.17. The quantitative estimate of drug-likeness (QED) is 0.138. The van der Waals surface area contributed by atoms with Gasteiger partial charge in [-0.25, -0.2) is 0 Å². The highest BCUT2D eigenvalue weighted by molar-refractivity contribution is 6.23. The fourth-order valence-electron chi connectivity index (χ4n) is 10.1. The van der Waals surface area contributed by atoms with E-state index in [2.05, 4.69) is 238 Å². The normalized spacial score (nSPS) is 19.3. The van der Waals surface area contributed by atoms with Crippen LogP contribution in [0.4, 0.5) is 22.7 Å². The van der Waals surface area contributed by atoms with Gasteiger partial charge in [0, 0.05) is 55.3 Å². The van der Waals surface area contributed by atoms with Crippen LogP contribution in [-0.2, 0) is 5.41 Å². The number of benzene rings is 9. The number of hydrogen-bond donors (Lipinski definition) is 1. The molecule has 2 heteroatoms. The maximum absolute atomic E-state index is 4.08. The molecule has 0 spiro atoms. The molecule has 0 saturated heterocycles. The minimum Gasteiger partial charge on any atom is -0.354 e. The van der Waals surface area contributed by atoms with E-state index in [0.717, 1.165) is 17.1 Å². The summed E-state index contributed by atoms with van der Waals surface area (Å²) in [6, 6.07) is 58.7. The maximum atomic E-state index is 4.08. The Hall–Kier alpha value is -7.16. The number of hydrogen-bond acceptors (Lipinski definition) is 2. The van der Waals surface area contributed by atoms with Gasteiger partial charge in [-0.3, -0.25) is 0 Å². The van der Waals surface area contributed by atoms with Crippen LogP contribution in [0.1, 0.15) is 38.8 Å². The lowest BCUT2D eigenvalue weighted by molar-refractivity contribution is 0.661. The molecule has 2 aliphatic rings. The average molecular weight is 785 g/mol. The van der Waals surface area contributed by atoms with Crippen LogP contribution < -0.4 is 10.2 Å². The van der Waals surface area contributed by atoms with Crippen LogP contribution in [0, 0.1) is 11.8 Å². The Morgan fingerprint density at radius 2 is 1.13 bits per heavy atom. The summed E-state index contributed by atoms with van der Waals surface area (Å²) in [4.78, 5) is 2.58. The molecule has 0 aromatic heterocycles. The predicted octanol–water partition coefficient (Wildman–Crippen LogP) is 16.5. The van der Waals surface area contributed by atoms with Gasteiger partial charge in [-0.1, -0.05) is 179 Å². The lowest BCUT2D eigenvalue weighted by atomic mass is 9.81. The first-order valence-electron chi connectivity index (χ1n) is 21.7. The molecule has 0 saturated carbocycles. The Balaban J connectivity index is 1.27. The second-order valence-corrected chi connectivity index (χ2v) is 17.5. The fourth-order valence-corrected chi connectivity index (χ4v) is 10.1. The van der Waals surface area contributed by atoms with Crippen LogP contribution in [0.25, 0.3) is 65.0 Å². The Kier molecular flexibility index (Phi) is 8.79. The molecule has 0 radical (unpaired) electrons. The maximum Gasteiger partial charge on any atom is 0.0617 e. The molecule has 0 aliphatic heterocycles. The van der Waals surface area contributed by atoms with Gasteiger partial charge in [0.2, 0.25) is 0 Å². The number of allylic oxidation sites excluding steroid dienone is 7. The van der Waals surface area contributed by atoms with Gasteiger partial charge in [0.1, 0.15) is 0 Å². The lowest BCUT2D eigenvalue weighted by Gasteiger charge is -2.34. The van der Waals surface area contributed by atoms with Gasteiger partial charge in [-0.15, -0.1) is 0 Å². The van der Waals surface area contributed by atoms with E-state index in [1.165, 1.54) is 87.5 Å². The van der Waals surface area contributed by atoms with Crippen molar-refractivity contribution in [3.8, 4) is 11.1 Å². The summed E-state index contributed by atoms with van der Waals surface area (Å²) in [7, 11) is 0. The fraction of sp³-hybridized carbons (Fsp3) is 0.119. The van der Waals surface area contributed by atoms with Crippen molar-refractivity contribution in [2.75, 3.05) is 10.2 Å². The molecule has 2 atom stereocenters.